The van der Waals surface area contributed by atoms with Crippen LogP contribution >= 0.6 is 0 Å². The fourth-order valence-electron chi connectivity index (χ4n) is 4.96. The van der Waals surface area contributed by atoms with Crippen molar-refractivity contribution in [2.24, 2.45) is 0 Å². The smallest absolute Gasteiger partial charge is 0.342 e. The molecule has 0 aliphatic rings. The summed E-state index contributed by atoms with van der Waals surface area (Å²) in [7, 11) is 5.00. The standard InChI is InChI=1S/C18H26O5.C16H20O5/c1-6-8-9-10-23-14-11-13(7-2)12(3)15(17(19)21-4)16(14)18(20)22-5;1-6-8-11-10(7-2)9(3)12(15(18)20-4)13(14(11)17)16(19)21-5/h11H,6-10H2,1-5H3;6,17H,1,7-8H2,2-5H3. The number of rotatable bonds is 13. The summed E-state index contributed by atoms with van der Waals surface area (Å²) in [5.74, 6) is -2.47. The minimum absolute atomic E-state index is 0.0477. The van der Waals surface area contributed by atoms with Gasteiger partial charge in [0.2, 0.25) is 0 Å². The monoisotopic (exact) mass is 614 g/mol. The van der Waals surface area contributed by atoms with Crippen LogP contribution in [-0.2, 0) is 38.2 Å². The van der Waals surface area contributed by atoms with Gasteiger partial charge in [-0.25, -0.2) is 19.2 Å². The van der Waals surface area contributed by atoms with Crippen LogP contribution in [-0.4, -0.2) is 64.0 Å². The molecule has 0 amide bonds. The zero-order valence-electron chi connectivity index (χ0n) is 27.4. The van der Waals surface area contributed by atoms with Crippen LogP contribution in [0, 0.1) is 13.8 Å². The number of allylic oxidation sites excluding steroid dienone is 1. The van der Waals surface area contributed by atoms with Gasteiger partial charge in [0.15, 0.2) is 0 Å². The second-order valence-corrected chi connectivity index (χ2v) is 9.81. The van der Waals surface area contributed by atoms with E-state index in [9.17, 15) is 24.3 Å². The molecule has 0 spiro atoms. The van der Waals surface area contributed by atoms with Gasteiger partial charge >= 0.3 is 23.9 Å². The van der Waals surface area contributed by atoms with Crippen molar-refractivity contribution in [3.8, 4) is 11.5 Å². The maximum absolute atomic E-state index is 12.2. The van der Waals surface area contributed by atoms with Crippen molar-refractivity contribution in [3.05, 3.63) is 68.8 Å². The van der Waals surface area contributed by atoms with Gasteiger partial charge in [0.25, 0.3) is 0 Å². The molecule has 0 atom stereocenters. The highest BCUT2D eigenvalue weighted by Crippen LogP contribution is 2.35. The van der Waals surface area contributed by atoms with Crippen molar-refractivity contribution in [1.82, 2.24) is 0 Å². The van der Waals surface area contributed by atoms with E-state index < -0.39 is 23.9 Å². The number of carbonyl (C=O) groups is 4. The fraction of sp³-hybridized carbons (Fsp3) is 0.471. The number of hydrogen-bond acceptors (Lipinski definition) is 10. The van der Waals surface area contributed by atoms with Crippen molar-refractivity contribution >= 4 is 23.9 Å². The minimum atomic E-state index is -0.774. The van der Waals surface area contributed by atoms with E-state index in [1.54, 1.807) is 19.9 Å². The summed E-state index contributed by atoms with van der Waals surface area (Å²) >= 11 is 0. The van der Waals surface area contributed by atoms with Crippen LogP contribution in [0.2, 0.25) is 0 Å². The summed E-state index contributed by atoms with van der Waals surface area (Å²) in [4.78, 5) is 48.4. The highest BCUT2D eigenvalue weighted by molar-refractivity contribution is 6.07. The Hall–Kier alpha value is -4.34. The Kier molecular flexibility index (Phi) is 15.7. The Bertz CT molecular complexity index is 1360. The third-order valence-corrected chi connectivity index (χ3v) is 7.27. The molecular formula is C34H46O10. The lowest BCUT2D eigenvalue weighted by molar-refractivity contribution is 0.0550. The second-order valence-electron chi connectivity index (χ2n) is 9.81. The van der Waals surface area contributed by atoms with Gasteiger partial charge in [0, 0.05) is 5.56 Å². The minimum Gasteiger partial charge on any atom is -0.507 e. The van der Waals surface area contributed by atoms with Crippen LogP contribution in [0.4, 0.5) is 0 Å². The zero-order chi connectivity index (χ0) is 33.6. The molecule has 0 saturated heterocycles. The quantitative estimate of drug-likeness (QED) is 0.119. The van der Waals surface area contributed by atoms with E-state index in [0.717, 1.165) is 42.4 Å². The molecule has 0 aliphatic carbocycles. The predicted octanol–water partition coefficient (Wildman–Crippen LogP) is 6.26. The Morgan fingerprint density at radius 1 is 0.727 bits per heavy atom. The van der Waals surface area contributed by atoms with Crippen LogP contribution in [0.15, 0.2) is 18.7 Å². The lowest BCUT2D eigenvalue weighted by atomic mass is 9.88. The Morgan fingerprint density at radius 3 is 1.68 bits per heavy atom. The molecule has 2 rings (SSSR count). The van der Waals surface area contributed by atoms with Crippen LogP contribution in [0.3, 0.4) is 0 Å². The van der Waals surface area contributed by atoms with Gasteiger partial charge < -0.3 is 28.8 Å². The number of hydrogen-bond donors (Lipinski definition) is 1. The molecule has 242 valence electrons. The fourth-order valence-corrected chi connectivity index (χ4v) is 4.96. The van der Waals surface area contributed by atoms with E-state index >= 15 is 0 Å². The molecule has 0 unspecified atom stereocenters. The highest BCUT2D eigenvalue weighted by atomic mass is 16.5. The number of ether oxygens (including phenoxy) is 5. The number of esters is 4. The first kappa shape index (κ1) is 37.7. The third-order valence-electron chi connectivity index (χ3n) is 7.27. The topological polar surface area (TPSA) is 135 Å². The van der Waals surface area contributed by atoms with E-state index in [1.807, 2.05) is 19.9 Å². The molecule has 0 bridgehead atoms. The summed E-state index contributed by atoms with van der Waals surface area (Å²) < 4.78 is 24.9. The van der Waals surface area contributed by atoms with E-state index in [1.165, 1.54) is 28.4 Å². The molecule has 10 nitrogen and oxygen atoms in total. The number of unbranched alkanes of at least 4 members (excludes halogenated alkanes) is 2. The van der Waals surface area contributed by atoms with Crippen LogP contribution < -0.4 is 4.74 Å². The number of methoxy groups -OCH3 is 4. The van der Waals surface area contributed by atoms with Crippen LogP contribution in [0.5, 0.6) is 11.5 Å². The molecule has 0 aromatic heterocycles. The Labute approximate surface area is 260 Å². The highest BCUT2D eigenvalue weighted by Gasteiger charge is 2.30. The average Bonchev–Trinajstić information content (AvgIpc) is 3.03. The summed E-state index contributed by atoms with van der Waals surface area (Å²) in [5, 5.41) is 10.4. The Balaban J connectivity index is 0.000000442. The first-order valence-corrected chi connectivity index (χ1v) is 14.6. The maximum Gasteiger partial charge on any atom is 0.342 e. The van der Waals surface area contributed by atoms with Gasteiger partial charge in [-0.1, -0.05) is 39.7 Å². The molecule has 2 aromatic carbocycles. The third kappa shape index (κ3) is 8.61. The molecule has 2 aromatic rings. The molecule has 0 saturated carbocycles. The molecule has 0 aliphatic heterocycles. The number of phenolic OH excluding ortho intramolecular Hbond substituents is 1. The first-order chi connectivity index (χ1) is 20.9. The molecule has 0 heterocycles. The van der Waals surface area contributed by atoms with Crippen molar-refractivity contribution in [2.45, 2.75) is 73.1 Å². The molecular weight excluding hydrogens is 568 g/mol. The van der Waals surface area contributed by atoms with Gasteiger partial charge in [-0.3, -0.25) is 0 Å². The first-order valence-electron chi connectivity index (χ1n) is 14.6. The second kappa shape index (κ2) is 18.4. The number of carbonyl (C=O) groups excluding carboxylic acids is 4. The predicted molar refractivity (Wildman–Crippen MR) is 167 cm³/mol. The number of aromatic hydroxyl groups is 1. The lowest BCUT2D eigenvalue weighted by Gasteiger charge is -2.19. The molecule has 0 fully saturated rings. The van der Waals surface area contributed by atoms with E-state index in [0.29, 0.717) is 36.3 Å². The normalized spacial score (nSPS) is 10.2. The van der Waals surface area contributed by atoms with Crippen molar-refractivity contribution in [1.29, 1.82) is 0 Å². The summed E-state index contributed by atoms with van der Waals surface area (Å²) in [6.07, 6.45) is 6.36. The summed E-state index contributed by atoms with van der Waals surface area (Å²) in [5.41, 5.74) is 3.93. The van der Waals surface area contributed by atoms with Gasteiger partial charge in [0.1, 0.15) is 22.6 Å². The summed E-state index contributed by atoms with van der Waals surface area (Å²) in [6.45, 7) is 13.7. The van der Waals surface area contributed by atoms with Gasteiger partial charge in [-0.2, -0.15) is 0 Å². The summed E-state index contributed by atoms with van der Waals surface area (Å²) in [6, 6.07) is 1.82. The zero-order valence-corrected chi connectivity index (χ0v) is 27.4. The van der Waals surface area contributed by atoms with E-state index in [2.05, 4.69) is 18.2 Å². The van der Waals surface area contributed by atoms with E-state index in [-0.39, 0.29) is 28.0 Å². The maximum atomic E-state index is 12.2. The van der Waals surface area contributed by atoms with Crippen LogP contribution in [0.1, 0.15) is 109 Å². The van der Waals surface area contributed by atoms with Gasteiger partial charge in [-0.05, 0) is 67.9 Å². The molecule has 1 N–H and O–H groups in total. The molecule has 0 radical (unpaired) electrons. The Morgan fingerprint density at radius 2 is 1.23 bits per heavy atom. The van der Waals surface area contributed by atoms with Gasteiger partial charge in [-0.15, -0.1) is 6.58 Å². The van der Waals surface area contributed by atoms with Crippen LogP contribution in [0.25, 0.3) is 0 Å². The number of phenols is 1. The number of aryl methyl sites for hydroxylation is 1. The number of benzene rings is 2. The SMILES string of the molecule is C=CCc1c(O)c(C(=O)OC)c(C(=O)OC)c(C)c1CC.CCCCCOc1cc(CC)c(C)c(C(=O)OC)c1C(=O)OC. The van der Waals surface area contributed by atoms with Gasteiger partial charge in [0.05, 0.1) is 46.2 Å². The van der Waals surface area contributed by atoms with Crippen molar-refractivity contribution < 1.29 is 48.0 Å². The van der Waals surface area contributed by atoms with Crippen molar-refractivity contribution in [2.75, 3.05) is 35.0 Å². The molecule has 44 heavy (non-hydrogen) atoms. The van der Waals surface area contributed by atoms with E-state index in [4.69, 9.17) is 18.9 Å². The molecule has 10 heteroatoms. The average molecular weight is 615 g/mol. The lowest BCUT2D eigenvalue weighted by Crippen LogP contribution is -2.17. The van der Waals surface area contributed by atoms with Crippen molar-refractivity contribution in [3.63, 3.8) is 0 Å². The largest absolute Gasteiger partial charge is 0.507 e.